The molecule has 0 radical (unpaired) electrons. The van der Waals surface area contributed by atoms with Crippen molar-refractivity contribution >= 4 is 44.8 Å². The fraction of sp³-hybridized carbons (Fsp3) is 0.320. The molecular weight excluding hydrogens is 374 g/mol. The summed E-state index contributed by atoms with van der Waals surface area (Å²) >= 11 is 1.87. The average Bonchev–Trinajstić information content (AvgIpc) is 3.04. The van der Waals surface area contributed by atoms with Gasteiger partial charge in [0.15, 0.2) is 0 Å². The molecule has 4 aromatic rings. The van der Waals surface area contributed by atoms with E-state index in [-0.39, 0.29) is 0 Å². The van der Waals surface area contributed by atoms with Gasteiger partial charge in [-0.1, -0.05) is 64.7 Å². The molecule has 28 heavy (non-hydrogen) atoms. The number of hydrogen-bond donors (Lipinski definition) is 0. The number of pyridine rings is 1. The van der Waals surface area contributed by atoms with Crippen molar-refractivity contribution < 1.29 is 0 Å². The van der Waals surface area contributed by atoms with Crippen LogP contribution in [0.5, 0.6) is 0 Å². The zero-order valence-electron chi connectivity index (χ0n) is 17.7. The van der Waals surface area contributed by atoms with Crippen molar-refractivity contribution in [1.82, 2.24) is 4.98 Å². The molecule has 0 bridgehead atoms. The maximum atomic E-state index is 4.93. The SMILES string of the molecule is CC(C)C(C)c1cc(-c2ccc3sc4ccccc4c3c2)ncc1[Si](C)(C)C. The second kappa shape index (κ2) is 7.13. The van der Waals surface area contributed by atoms with E-state index in [1.165, 1.54) is 36.5 Å². The Bertz CT molecular complexity index is 1150. The van der Waals surface area contributed by atoms with Crippen LogP contribution in [0.15, 0.2) is 54.7 Å². The molecule has 0 aliphatic carbocycles. The molecule has 4 rings (SSSR count). The number of thiophene rings is 1. The summed E-state index contributed by atoms with van der Waals surface area (Å²) in [5.41, 5.74) is 3.81. The van der Waals surface area contributed by atoms with Crippen LogP contribution >= 0.6 is 11.3 Å². The first-order valence-electron chi connectivity index (χ1n) is 10.2. The van der Waals surface area contributed by atoms with Gasteiger partial charge in [-0.2, -0.15) is 0 Å². The first kappa shape index (κ1) is 19.3. The van der Waals surface area contributed by atoms with E-state index in [4.69, 9.17) is 4.98 Å². The summed E-state index contributed by atoms with van der Waals surface area (Å²) in [7, 11) is -1.44. The quantitative estimate of drug-likeness (QED) is 0.323. The molecule has 2 heterocycles. The predicted octanol–water partition coefficient (Wildman–Crippen LogP) is 7.42. The van der Waals surface area contributed by atoms with Crippen molar-refractivity contribution in [3.8, 4) is 11.3 Å². The third kappa shape index (κ3) is 3.42. The molecule has 0 saturated carbocycles. The van der Waals surface area contributed by atoms with Crippen molar-refractivity contribution in [2.45, 2.75) is 46.3 Å². The lowest BCUT2D eigenvalue weighted by atomic mass is 9.90. The van der Waals surface area contributed by atoms with Crippen LogP contribution in [0.3, 0.4) is 0 Å². The van der Waals surface area contributed by atoms with Crippen LogP contribution in [0.25, 0.3) is 31.4 Å². The first-order valence-corrected chi connectivity index (χ1v) is 14.5. The van der Waals surface area contributed by atoms with Gasteiger partial charge >= 0.3 is 0 Å². The Hall–Kier alpha value is -1.97. The molecule has 0 amide bonds. The highest BCUT2D eigenvalue weighted by molar-refractivity contribution is 7.25. The third-order valence-electron chi connectivity index (χ3n) is 5.91. The van der Waals surface area contributed by atoms with Gasteiger partial charge in [-0.05, 0) is 46.9 Å². The van der Waals surface area contributed by atoms with Gasteiger partial charge in [0.05, 0.1) is 13.8 Å². The van der Waals surface area contributed by atoms with Crippen molar-refractivity contribution in [3.05, 3.63) is 60.3 Å². The molecule has 1 unspecified atom stereocenters. The Balaban J connectivity index is 1.89. The van der Waals surface area contributed by atoms with Gasteiger partial charge in [0.2, 0.25) is 0 Å². The van der Waals surface area contributed by atoms with Crippen LogP contribution in [-0.4, -0.2) is 13.1 Å². The predicted molar refractivity (Wildman–Crippen MR) is 129 cm³/mol. The van der Waals surface area contributed by atoms with Crippen LogP contribution in [-0.2, 0) is 0 Å². The highest BCUT2D eigenvalue weighted by Gasteiger charge is 2.25. The molecule has 0 aliphatic rings. The second-order valence-corrected chi connectivity index (χ2v) is 15.4. The molecule has 0 saturated heterocycles. The molecule has 0 fully saturated rings. The Morgan fingerprint density at radius 3 is 2.29 bits per heavy atom. The molecule has 2 aromatic carbocycles. The van der Waals surface area contributed by atoms with E-state index >= 15 is 0 Å². The van der Waals surface area contributed by atoms with Gasteiger partial charge < -0.3 is 0 Å². The van der Waals surface area contributed by atoms with E-state index < -0.39 is 8.07 Å². The van der Waals surface area contributed by atoms with Gasteiger partial charge in [0.1, 0.15) is 0 Å². The zero-order chi connectivity index (χ0) is 20.1. The van der Waals surface area contributed by atoms with Gasteiger partial charge in [-0.25, -0.2) is 0 Å². The van der Waals surface area contributed by atoms with Gasteiger partial charge in [-0.15, -0.1) is 11.3 Å². The van der Waals surface area contributed by atoms with Crippen molar-refractivity contribution in [2.24, 2.45) is 5.92 Å². The third-order valence-corrected chi connectivity index (χ3v) is 9.09. The zero-order valence-corrected chi connectivity index (χ0v) is 19.5. The van der Waals surface area contributed by atoms with Crippen LogP contribution in [0.4, 0.5) is 0 Å². The summed E-state index contributed by atoms with van der Waals surface area (Å²) < 4.78 is 2.70. The van der Waals surface area contributed by atoms with Gasteiger partial charge in [0.25, 0.3) is 0 Å². The Morgan fingerprint density at radius 1 is 0.857 bits per heavy atom. The van der Waals surface area contributed by atoms with E-state index in [1.807, 2.05) is 11.3 Å². The number of aromatic nitrogens is 1. The van der Waals surface area contributed by atoms with Crippen molar-refractivity contribution in [2.75, 3.05) is 0 Å². The number of hydrogen-bond acceptors (Lipinski definition) is 2. The minimum absolute atomic E-state index is 0.536. The molecular formula is C25H29NSSi. The van der Waals surface area contributed by atoms with E-state index in [2.05, 4.69) is 95.1 Å². The monoisotopic (exact) mass is 403 g/mol. The lowest BCUT2D eigenvalue weighted by Crippen LogP contribution is -2.41. The van der Waals surface area contributed by atoms with Crippen LogP contribution < -0.4 is 5.19 Å². The van der Waals surface area contributed by atoms with Crippen molar-refractivity contribution in [1.29, 1.82) is 0 Å². The topological polar surface area (TPSA) is 12.9 Å². The maximum Gasteiger partial charge on any atom is 0.0799 e. The summed E-state index contributed by atoms with van der Waals surface area (Å²) in [6.07, 6.45) is 2.17. The fourth-order valence-electron chi connectivity index (χ4n) is 3.88. The Labute approximate surface area is 173 Å². The summed E-state index contributed by atoms with van der Waals surface area (Å²) in [5, 5.41) is 4.19. The largest absolute Gasteiger partial charge is 0.256 e. The standard InChI is InChI=1S/C25H29NSSi/c1-16(2)17(3)20-14-22(26-15-25(20)28(4,5)6)18-11-12-24-21(13-18)19-9-7-8-10-23(19)27-24/h7-17H,1-6H3. The summed E-state index contributed by atoms with van der Waals surface area (Å²) in [4.78, 5) is 4.93. The molecule has 1 atom stereocenters. The normalized spacial score (nSPS) is 13.5. The molecule has 3 heteroatoms. The van der Waals surface area contributed by atoms with E-state index in [9.17, 15) is 0 Å². The smallest absolute Gasteiger partial charge is 0.0799 e. The fourth-order valence-corrected chi connectivity index (χ4v) is 6.58. The maximum absolute atomic E-state index is 4.93. The first-order chi connectivity index (χ1) is 13.3. The number of nitrogens with zero attached hydrogens (tertiary/aromatic N) is 1. The summed E-state index contributed by atoms with van der Waals surface area (Å²) in [5.74, 6) is 1.16. The van der Waals surface area contributed by atoms with Gasteiger partial charge in [-0.3, -0.25) is 4.98 Å². The average molecular weight is 404 g/mol. The molecule has 144 valence electrons. The van der Waals surface area contributed by atoms with Gasteiger partial charge in [0, 0.05) is 31.9 Å². The van der Waals surface area contributed by atoms with E-state index in [0.717, 1.165) is 5.69 Å². The van der Waals surface area contributed by atoms with E-state index in [0.29, 0.717) is 11.8 Å². The molecule has 0 aliphatic heterocycles. The van der Waals surface area contributed by atoms with Crippen LogP contribution in [0, 0.1) is 5.92 Å². The molecule has 0 N–H and O–H groups in total. The minimum atomic E-state index is -1.44. The number of benzene rings is 2. The lowest BCUT2D eigenvalue weighted by molar-refractivity contribution is 0.537. The molecule has 0 spiro atoms. The summed E-state index contributed by atoms with van der Waals surface area (Å²) in [6.45, 7) is 14.3. The minimum Gasteiger partial charge on any atom is -0.256 e. The molecule has 1 nitrogen and oxygen atoms in total. The van der Waals surface area contributed by atoms with E-state index in [1.54, 1.807) is 0 Å². The Morgan fingerprint density at radius 2 is 1.57 bits per heavy atom. The number of fused-ring (bicyclic) bond motifs is 3. The highest BCUT2D eigenvalue weighted by Crippen LogP contribution is 2.36. The second-order valence-electron chi connectivity index (χ2n) is 9.25. The number of rotatable bonds is 4. The van der Waals surface area contributed by atoms with Crippen LogP contribution in [0.2, 0.25) is 19.6 Å². The molecule has 2 aromatic heterocycles. The highest BCUT2D eigenvalue weighted by atomic mass is 32.1. The van der Waals surface area contributed by atoms with Crippen molar-refractivity contribution in [3.63, 3.8) is 0 Å². The Kier molecular flexibility index (Phi) is 4.92. The summed E-state index contributed by atoms with van der Waals surface area (Å²) in [6, 6.07) is 17.9. The van der Waals surface area contributed by atoms with Crippen LogP contribution in [0.1, 0.15) is 32.3 Å². The lowest BCUT2D eigenvalue weighted by Gasteiger charge is -2.26.